The smallest absolute Gasteiger partial charge is 0.237 e. The molecule has 0 bridgehead atoms. The summed E-state index contributed by atoms with van der Waals surface area (Å²) in [5.41, 5.74) is 3.18. The number of hydrogen-bond donors (Lipinski definition) is 0. The van der Waals surface area contributed by atoms with Crippen molar-refractivity contribution in [1.29, 1.82) is 0 Å². The van der Waals surface area contributed by atoms with Crippen molar-refractivity contribution in [2.75, 3.05) is 10.7 Å². The number of aromatic nitrogens is 2. The van der Waals surface area contributed by atoms with Crippen LogP contribution in [0.5, 0.6) is 0 Å². The standard InChI is InChI=1S/C21H23N3OS/c1-16(2)24(18-9-5-4-6-10-18)20(25)15-26-21-22-12-13-23(21)19-11-7-8-17(3)14-19/h4-14,16H,15H2,1-3H3. The molecule has 0 aliphatic rings. The molecule has 3 rings (SSSR count). The third-order valence-electron chi connectivity index (χ3n) is 4.03. The van der Waals surface area contributed by atoms with Crippen LogP contribution in [-0.2, 0) is 4.79 Å². The number of benzene rings is 2. The summed E-state index contributed by atoms with van der Waals surface area (Å²) in [7, 11) is 0. The van der Waals surface area contributed by atoms with Crippen molar-refractivity contribution in [2.45, 2.75) is 32.0 Å². The lowest BCUT2D eigenvalue weighted by atomic mass is 10.2. The van der Waals surface area contributed by atoms with Crippen LogP contribution < -0.4 is 4.90 Å². The van der Waals surface area contributed by atoms with E-state index in [9.17, 15) is 4.79 Å². The Kier molecular flexibility index (Phi) is 5.78. The van der Waals surface area contributed by atoms with Crippen molar-refractivity contribution in [3.63, 3.8) is 0 Å². The van der Waals surface area contributed by atoms with Gasteiger partial charge in [0.15, 0.2) is 5.16 Å². The summed E-state index contributed by atoms with van der Waals surface area (Å²) in [6, 6.07) is 18.2. The molecule has 5 heteroatoms. The number of hydrogen-bond acceptors (Lipinski definition) is 3. The van der Waals surface area contributed by atoms with Gasteiger partial charge in [-0.25, -0.2) is 4.98 Å². The Morgan fingerprint density at radius 2 is 1.92 bits per heavy atom. The van der Waals surface area contributed by atoms with Crippen LogP contribution in [-0.4, -0.2) is 27.3 Å². The Labute approximate surface area is 158 Å². The third kappa shape index (κ3) is 4.17. The number of imidazole rings is 1. The molecule has 0 saturated carbocycles. The second-order valence-electron chi connectivity index (χ2n) is 6.40. The summed E-state index contributed by atoms with van der Waals surface area (Å²) in [6.45, 7) is 6.13. The van der Waals surface area contributed by atoms with Gasteiger partial charge in [0.1, 0.15) is 0 Å². The molecular formula is C21H23N3OS. The van der Waals surface area contributed by atoms with Gasteiger partial charge in [-0.1, -0.05) is 42.1 Å². The van der Waals surface area contributed by atoms with E-state index in [-0.39, 0.29) is 11.9 Å². The highest BCUT2D eigenvalue weighted by Gasteiger charge is 2.20. The van der Waals surface area contributed by atoms with Gasteiger partial charge in [0.25, 0.3) is 0 Å². The number of para-hydroxylation sites is 1. The maximum Gasteiger partial charge on any atom is 0.237 e. The number of carbonyl (C=O) groups is 1. The van der Waals surface area contributed by atoms with Crippen molar-refractivity contribution < 1.29 is 4.79 Å². The molecular weight excluding hydrogens is 342 g/mol. The van der Waals surface area contributed by atoms with Gasteiger partial charge >= 0.3 is 0 Å². The van der Waals surface area contributed by atoms with Crippen molar-refractivity contribution in [1.82, 2.24) is 9.55 Å². The van der Waals surface area contributed by atoms with E-state index in [0.717, 1.165) is 16.5 Å². The minimum absolute atomic E-state index is 0.0787. The lowest BCUT2D eigenvalue weighted by molar-refractivity contribution is -0.116. The number of amides is 1. The lowest BCUT2D eigenvalue weighted by Gasteiger charge is -2.26. The maximum absolute atomic E-state index is 12.9. The van der Waals surface area contributed by atoms with Crippen molar-refractivity contribution in [3.8, 4) is 5.69 Å². The first kappa shape index (κ1) is 18.3. The first-order valence-electron chi connectivity index (χ1n) is 8.66. The maximum atomic E-state index is 12.9. The molecule has 3 aromatic rings. The third-order valence-corrected chi connectivity index (χ3v) is 4.98. The van der Waals surface area contributed by atoms with Crippen LogP contribution in [0.25, 0.3) is 5.69 Å². The predicted molar refractivity (Wildman–Crippen MR) is 108 cm³/mol. The van der Waals surface area contributed by atoms with Gasteiger partial charge in [0.05, 0.1) is 5.75 Å². The fraction of sp³-hybridized carbons (Fsp3) is 0.238. The second-order valence-corrected chi connectivity index (χ2v) is 7.34. The van der Waals surface area contributed by atoms with E-state index in [4.69, 9.17) is 0 Å². The Balaban J connectivity index is 1.75. The van der Waals surface area contributed by atoms with Crippen LogP contribution in [0.1, 0.15) is 19.4 Å². The number of aryl methyl sites for hydroxylation is 1. The molecule has 0 saturated heterocycles. The summed E-state index contributed by atoms with van der Waals surface area (Å²) < 4.78 is 2.02. The zero-order chi connectivity index (χ0) is 18.5. The molecule has 1 heterocycles. The Bertz CT molecular complexity index is 874. The van der Waals surface area contributed by atoms with Crippen LogP contribution in [0.3, 0.4) is 0 Å². The molecule has 1 aromatic heterocycles. The van der Waals surface area contributed by atoms with Gasteiger partial charge in [0, 0.05) is 29.8 Å². The fourth-order valence-corrected chi connectivity index (χ4v) is 3.72. The van der Waals surface area contributed by atoms with Gasteiger partial charge in [-0.15, -0.1) is 0 Å². The first-order valence-corrected chi connectivity index (χ1v) is 9.65. The van der Waals surface area contributed by atoms with E-state index in [0.29, 0.717) is 5.75 Å². The van der Waals surface area contributed by atoms with Crippen LogP contribution in [0.2, 0.25) is 0 Å². The van der Waals surface area contributed by atoms with Crippen LogP contribution in [0, 0.1) is 6.92 Å². The van der Waals surface area contributed by atoms with Gasteiger partial charge in [0.2, 0.25) is 5.91 Å². The molecule has 134 valence electrons. The average Bonchev–Trinajstić information content (AvgIpc) is 3.09. The first-order chi connectivity index (χ1) is 12.6. The summed E-state index contributed by atoms with van der Waals surface area (Å²) in [6.07, 6.45) is 3.70. The van der Waals surface area contributed by atoms with Crippen molar-refractivity contribution in [2.24, 2.45) is 0 Å². The Morgan fingerprint density at radius 3 is 2.62 bits per heavy atom. The minimum Gasteiger partial charge on any atom is -0.309 e. The molecule has 2 aromatic carbocycles. The number of anilines is 1. The molecule has 0 N–H and O–H groups in total. The Hall–Kier alpha value is -2.53. The molecule has 0 atom stereocenters. The molecule has 0 radical (unpaired) electrons. The average molecular weight is 366 g/mol. The van der Waals surface area contributed by atoms with Crippen LogP contribution >= 0.6 is 11.8 Å². The summed E-state index contributed by atoms with van der Waals surface area (Å²) in [4.78, 5) is 19.1. The largest absolute Gasteiger partial charge is 0.309 e. The summed E-state index contributed by atoms with van der Waals surface area (Å²) in [5.74, 6) is 0.422. The van der Waals surface area contributed by atoms with E-state index >= 15 is 0 Å². The quantitative estimate of drug-likeness (QED) is 0.594. The zero-order valence-corrected chi connectivity index (χ0v) is 16.1. The van der Waals surface area contributed by atoms with Gasteiger partial charge < -0.3 is 4.90 Å². The highest BCUT2D eigenvalue weighted by molar-refractivity contribution is 7.99. The van der Waals surface area contributed by atoms with Gasteiger partial charge in [-0.2, -0.15) is 0 Å². The van der Waals surface area contributed by atoms with E-state index in [1.54, 1.807) is 6.20 Å². The molecule has 4 nitrogen and oxygen atoms in total. The zero-order valence-electron chi connectivity index (χ0n) is 15.3. The topological polar surface area (TPSA) is 38.1 Å². The van der Waals surface area contributed by atoms with Crippen molar-refractivity contribution >= 4 is 23.4 Å². The predicted octanol–water partition coefficient (Wildman–Crippen LogP) is 4.71. The SMILES string of the molecule is Cc1cccc(-n2ccnc2SCC(=O)N(c2ccccc2)C(C)C)c1. The molecule has 0 aliphatic carbocycles. The molecule has 0 spiro atoms. The number of nitrogens with zero attached hydrogens (tertiary/aromatic N) is 3. The normalized spacial score (nSPS) is 10.9. The van der Waals surface area contributed by atoms with E-state index < -0.39 is 0 Å². The second kappa shape index (κ2) is 8.23. The van der Waals surface area contributed by atoms with Crippen molar-refractivity contribution in [3.05, 3.63) is 72.6 Å². The monoisotopic (exact) mass is 365 g/mol. The van der Waals surface area contributed by atoms with Crippen LogP contribution in [0.15, 0.2) is 72.1 Å². The molecule has 0 aliphatic heterocycles. The van der Waals surface area contributed by atoms with Crippen LogP contribution in [0.4, 0.5) is 5.69 Å². The minimum atomic E-state index is 0.0787. The number of rotatable bonds is 6. The molecule has 1 amide bonds. The molecule has 0 fully saturated rings. The fourth-order valence-electron chi connectivity index (χ4n) is 2.89. The van der Waals surface area contributed by atoms with Gasteiger partial charge in [-0.05, 0) is 50.6 Å². The van der Waals surface area contributed by atoms with E-state index in [2.05, 4.69) is 24.0 Å². The highest BCUT2D eigenvalue weighted by atomic mass is 32.2. The van der Waals surface area contributed by atoms with E-state index in [1.807, 2.05) is 72.0 Å². The summed E-state index contributed by atoms with van der Waals surface area (Å²) >= 11 is 1.46. The lowest BCUT2D eigenvalue weighted by Crippen LogP contribution is -2.38. The molecule has 0 unspecified atom stereocenters. The van der Waals surface area contributed by atoms with Gasteiger partial charge in [-0.3, -0.25) is 9.36 Å². The summed E-state index contributed by atoms with van der Waals surface area (Å²) in [5, 5.41) is 0.820. The highest BCUT2D eigenvalue weighted by Crippen LogP contribution is 2.23. The Morgan fingerprint density at radius 1 is 1.15 bits per heavy atom. The number of carbonyl (C=O) groups excluding carboxylic acids is 1. The number of thioether (sulfide) groups is 1. The molecule has 26 heavy (non-hydrogen) atoms. The van der Waals surface area contributed by atoms with E-state index in [1.165, 1.54) is 17.3 Å².